The van der Waals surface area contributed by atoms with Crippen LogP contribution in [0.2, 0.25) is 0 Å². The highest BCUT2D eigenvalue weighted by molar-refractivity contribution is 8.01. The van der Waals surface area contributed by atoms with Crippen molar-refractivity contribution in [1.82, 2.24) is 14.9 Å². The van der Waals surface area contributed by atoms with Crippen molar-refractivity contribution in [1.29, 1.82) is 0 Å². The van der Waals surface area contributed by atoms with Crippen molar-refractivity contribution < 1.29 is 4.74 Å². The second-order valence-corrected chi connectivity index (χ2v) is 8.93. The van der Waals surface area contributed by atoms with Crippen molar-refractivity contribution in [2.45, 2.75) is 37.3 Å². The van der Waals surface area contributed by atoms with Gasteiger partial charge in [0.05, 0.1) is 23.9 Å². The molecule has 2 aliphatic rings. The molecule has 0 aliphatic carbocycles. The van der Waals surface area contributed by atoms with Gasteiger partial charge in [-0.15, -0.1) is 23.1 Å². The zero-order valence-electron chi connectivity index (χ0n) is 13.3. The van der Waals surface area contributed by atoms with Gasteiger partial charge >= 0.3 is 0 Å². The molecule has 2 aliphatic heterocycles. The summed E-state index contributed by atoms with van der Waals surface area (Å²) in [7, 11) is 0. The van der Waals surface area contributed by atoms with Gasteiger partial charge in [-0.2, -0.15) is 0 Å². The lowest BCUT2D eigenvalue weighted by atomic mass is 9.93. The summed E-state index contributed by atoms with van der Waals surface area (Å²) in [4.78, 5) is 12.4. The molecule has 1 spiro atoms. The molecule has 2 aromatic heterocycles. The SMILES string of the molecule is Cc1ncsc1CN1CC2(CC(OCc3cccnc3)CS2)C1. The summed E-state index contributed by atoms with van der Waals surface area (Å²) in [6.07, 6.45) is 5.25. The van der Waals surface area contributed by atoms with Crippen molar-refractivity contribution in [3.05, 3.63) is 46.2 Å². The molecule has 4 heterocycles. The second-order valence-electron chi connectivity index (χ2n) is 6.50. The minimum absolute atomic E-state index is 0.382. The Balaban J connectivity index is 1.24. The Hall–Kier alpha value is -0.950. The highest BCUT2D eigenvalue weighted by Crippen LogP contribution is 2.46. The number of aromatic nitrogens is 2. The van der Waals surface area contributed by atoms with Gasteiger partial charge in [0.15, 0.2) is 0 Å². The van der Waals surface area contributed by atoms with Crippen LogP contribution < -0.4 is 0 Å². The van der Waals surface area contributed by atoms with E-state index in [1.807, 2.05) is 17.8 Å². The molecule has 0 radical (unpaired) electrons. The summed E-state index contributed by atoms with van der Waals surface area (Å²) < 4.78 is 6.52. The first kappa shape index (κ1) is 15.6. The van der Waals surface area contributed by atoms with Crippen LogP contribution >= 0.6 is 23.1 Å². The molecule has 23 heavy (non-hydrogen) atoms. The second kappa shape index (κ2) is 6.51. The Kier molecular flexibility index (Phi) is 4.41. The van der Waals surface area contributed by atoms with Crippen molar-refractivity contribution in [2.24, 2.45) is 0 Å². The van der Waals surface area contributed by atoms with E-state index in [9.17, 15) is 0 Å². The van der Waals surface area contributed by atoms with Crippen LogP contribution in [0.1, 0.15) is 22.6 Å². The molecule has 4 rings (SSSR count). The maximum Gasteiger partial charge on any atom is 0.0798 e. The fourth-order valence-corrected chi connectivity index (χ4v) is 5.81. The first-order valence-corrected chi connectivity index (χ1v) is 9.85. The lowest BCUT2D eigenvalue weighted by Gasteiger charge is -2.47. The standard InChI is InChI=1S/C17H21N3OS2/c1-13-16(22-12-19-13)7-20-10-17(11-20)5-15(9-23-17)21-8-14-3-2-4-18-6-14/h2-4,6,12,15H,5,7-11H2,1H3. The highest BCUT2D eigenvalue weighted by atomic mass is 32.2. The third-order valence-electron chi connectivity index (χ3n) is 4.62. The summed E-state index contributed by atoms with van der Waals surface area (Å²) in [5.74, 6) is 1.12. The summed E-state index contributed by atoms with van der Waals surface area (Å²) in [5, 5.41) is 0. The van der Waals surface area contributed by atoms with E-state index in [-0.39, 0.29) is 0 Å². The zero-order valence-corrected chi connectivity index (χ0v) is 14.9. The summed E-state index contributed by atoms with van der Waals surface area (Å²) in [6, 6.07) is 4.04. The van der Waals surface area contributed by atoms with Gasteiger partial charge in [0.1, 0.15) is 0 Å². The van der Waals surface area contributed by atoms with E-state index in [2.05, 4.69) is 39.6 Å². The van der Waals surface area contributed by atoms with Gasteiger partial charge in [0.25, 0.3) is 0 Å². The summed E-state index contributed by atoms with van der Waals surface area (Å²) >= 11 is 3.87. The van der Waals surface area contributed by atoms with Crippen molar-refractivity contribution >= 4 is 23.1 Å². The third-order valence-corrected chi connectivity index (χ3v) is 7.11. The average Bonchev–Trinajstić information content (AvgIpc) is 3.13. The van der Waals surface area contributed by atoms with E-state index in [0.717, 1.165) is 17.9 Å². The van der Waals surface area contributed by atoms with Gasteiger partial charge in [-0.05, 0) is 25.0 Å². The van der Waals surface area contributed by atoms with E-state index in [1.54, 1.807) is 17.5 Å². The van der Waals surface area contributed by atoms with Crippen LogP contribution in [0, 0.1) is 6.92 Å². The van der Waals surface area contributed by atoms with Crippen LogP contribution in [0.15, 0.2) is 30.0 Å². The van der Waals surface area contributed by atoms with Crippen LogP contribution in [0.3, 0.4) is 0 Å². The largest absolute Gasteiger partial charge is 0.373 e. The van der Waals surface area contributed by atoms with E-state index >= 15 is 0 Å². The topological polar surface area (TPSA) is 38.2 Å². The molecule has 2 aromatic rings. The Morgan fingerprint density at radius 3 is 3.09 bits per heavy atom. The molecule has 6 heteroatoms. The van der Waals surface area contributed by atoms with Crippen LogP contribution in [0.25, 0.3) is 0 Å². The molecule has 0 amide bonds. The minimum atomic E-state index is 0.382. The molecule has 2 saturated heterocycles. The van der Waals surface area contributed by atoms with Gasteiger partial charge in [-0.25, -0.2) is 4.98 Å². The van der Waals surface area contributed by atoms with Gasteiger partial charge in [0, 0.05) is 47.4 Å². The molecule has 0 bridgehead atoms. The molecule has 0 N–H and O–H groups in total. The number of hydrogen-bond donors (Lipinski definition) is 0. The number of aryl methyl sites for hydroxylation is 1. The average molecular weight is 348 g/mol. The number of hydrogen-bond acceptors (Lipinski definition) is 6. The molecule has 2 fully saturated rings. The Morgan fingerprint density at radius 2 is 2.35 bits per heavy atom. The van der Waals surface area contributed by atoms with E-state index in [4.69, 9.17) is 4.74 Å². The molecule has 0 aromatic carbocycles. The van der Waals surface area contributed by atoms with Crippen molar-refractivity contribution in [3.8, 4) is 0 Å². The number of thiazole rings is 1. The van der Waals surface area contributed by atoms with Crippen LogP contribution in [-0.4, -0.2) is 44.6 Å². The highest BCUT2D eigenvalue weighted by Gasteiger charge is 2.49. The first-order valence-electron chi connectivity index (χ1n) is 7.98. The monoisotopic (exact) mass is 347 g/mol. The quantitative estimate of drug-likeness (QED) is 0.831. The lowest BCUT2D eigenvalue weighted by Crippen LogP contribution is -2.58. The van der Waals surface area contributed by atoms with Crippen molar-refractivity contribution in [2.75, 3.05) is 18.8 Å². The maximum atomic E-state index is 6.09. The number of nitrogens with zero attached hydrogens (tertiary/aromatic N) is 3. The van der Waals surface area contributed by atoms with Gasteiger partial charge in [0.2, 0.25) is 0 Å². The molecular formula is C17H21N3OS2. The van der Waals surface area contributed by atoms with Gasteiger partial charge < -0.3 is 4.74 Å². The first-order chi connectivity index (χ1) is 11.2. The number of ether oxygens (including phenoxy) is 1. The molecule has 1 atom stereocenters. The molecular weight excluding hydrogens is 326 g/mol. The molecule has 122 valence electrons. The number of thioether (sulfide) groups is 1. The smallest absolute Gasteiger partial charge is 0.0798 e. The van der Waals surface area contributed by atoms with E-state index in [0.29, 0.717) is 17.5 Å². The fraction of sp³-hybridized carbons (Fsp3) is 0.529. The number of rotatable bonds is 5. The normalized spacial score (nSPS) is 23.3. The zero-order chi connectivity index (χ0) is 15.7. The Labute approximate surface area is 145 Å². The predicted octanol–water partition coefficient (Wildman–Crippen LogP) is 3.12. The van der Waals surface area contributed by atoms with Crippen molar-refractivity contribution in [3.63, 3.8) is 0 Å². The van der Waals surface area contributed by atoms with Crippen LogP contribution in [-0.2, 0) is 17.9 Å². The Bertz CT molecular complexity index is 655. The summed E-state index contributed by atoms with van der Waals surface area (Å²) in [5.41, 5.74) is 4.30. The van der Waals surface area contributed by atoms with Gasteiger partial charge in [-0.1, -0.05) is 6.07 Å². The number of likely N-dealkylation sites (tertiary alicyclic amines) is 1. The van der Waals surface area contributed by atoms with Gasteiger partial charge in [-0.3, -0.25) is 9.88 Å². The van der Waals surface area contributed by atoms with E-state index in [1.165, 1.54) is 30.1 Å². The molecule has 1 unspecified atom stereocenters. The lowest BCUT2D eigenvalue weighted by molar-refractivity contribution is 0.0265. The molecule has 4 nitrogen and oxygen atoms in total. The van der Waals surface area contributed by atoms with Crippen LogP contribution in [0.4, 0.5) is 0 Å². The van der Waals surface area contributed by atoms with E-state index < -0.39 is 0 Å². The number of pyridine rings is 1. The third kappa shape index (κ3) is 3.45. The summed E-state index contributed by atoms with van der Waals surface area (Å²) in [6.45, 7) is 6.20. The Morgan fingerprint density at radius 1 is 1.43 bits per heavy atom. The predicted molar refractivity (Wildman–Crippen MR) is 94.7 cm³/mol. The minimum Gasteiger partial charge on any atom is -0.373 e. The maximum absolute atomic E-state index is 6.09. The fourth-order valence-electron chi connectivity index (χ4n) is 3.39. The van der Waals surface area contributed by atoms with Crippen LogP contribution in [0.5, 0.6) is 0 Å². The molecule has 0 saturated carbocycles.